The second kappa shape index (κ2) is 8.29. The fourth-order valence-corrected chi connectivity index (χ4v) is 3.03. The SMILES string of the molecule is Cc1ccc(C(CNC(=O)c2coc(CN)c2)N2CCOCC2)cc1. The van der Waals surface area contributed by atoms with Gasteiger partial charge in [0.15, 0.2) is 0 Å². The number of furan rings is 1. The van der Waals surface area contributed by atoms with Crippen molar-refractivity contribution in [1.82, 2.24) is 10.2 Å². The van der Waals surface area contributed by atoms with E-state index in [1.165, 1.54) is 17.4 Å². The van der Waals surface area contributed by atoms with E-state index in [0.29, 0.717) is 17.9 Å². The summed E-state index contributed by atoms with van der Waals surface area (Å²) in [7, 11) is 0. The van der Waals surface area contributed by atoms with E-state index in [0.717, 1.165) is 26.3 Å². The van der Waals surface area contributed by atoms with Gasteiger partial charge >= 0.3 is 0 Å². The van der Waals surface area contributed by atoms with Crippen LogP contribution in [-0.4, -0.2) is 43.7 Å². The van der Waals surface area contributed by atoms with Crippen molar-refractivity contribution in [1.29, 1.82) is 0 Å². The average molecular weight is 343 g/mol. The molecule has 25 heavy (non-hydrogen) atoms. The maximum Gasteiger partial charge on any atom is 0.254 e. The first kappa shape index (κ1) is 17.7. The number of hydrogen-bond donors (Lipinski definition) is 2. The molecule has 3 rings (SSSR count). The van der Waals surface area contributed by atoms with Gasteiger partial charge in [-0.15, -0.1) is 0 Å². The van der Waals surface area contributed by atoms with E-state index in [4.69, 9.17) is 14.9 Å². The minimum Gasteiger partial charge on any atom is -0.467 e. The van der Waals surface area contributed by atoms with Crippen LogP contribution in [0.1, 0.15) is 33.3 Å². The molecule has 0 spiro atoms. The maximum absolute atomic E-state index is 12.4. The first-order valence-corrected chi connectivity index (χ1v) is 8.61. The van der Waals surface area contributed by atoms with Gasteiger partial charge in [0.1, 0.15) is 12.0 Å². The molecule has 3 N–H and O–H groups in total. The molecule has 0 bridgehead atoms. The quantitative estimate of drug-likeness (QED) is 0.837. The highest BCUT2D eigenvalue weighted by Gasteiger charge is 2.23. The Balaban J connectivity index is 1.70. The van der Waals surface area contributed by atoms with Crippen LogP contribution in [0.25, 0.3) is 0 Å². The number of morpholine rings is 1. The number of aryl methyl sites for hydroxylation is 1. The molecule has 1 aliphatic rings. The molecule has 1 unspecified atom stereocenters. The zero-order valence-corrected chi connectivity index (χ0v) is 14.5. The molecule has 134 valence electrons. The topological polar surface area (TPSA) is 80.7 Å². The number of nitrogens with one attached hydrogen (secondary N) is 1. The van der Waals surface area contributed by atoms with E-state index < -0.39 is 0 Å². The lowest BCUT2D eigenvalue weighted by Crippen LogP contribution is -2.43. The van der Waals surface area contributed by atoms with Crippen LogP contribution < -0.4 is 11.1 Å². The minimum atomic E-state index is -0.145. The van der Waals surface area contributed by atoms with Gasteiger partial charge in [-0.25, -0.2) is 0 Å². The number of benzene rings is 1. The van der Waals surface area contributed by atoms with E-state index in [2.05, 4.69) is 41.4 Å². The smallest absolute Gasteiger partial charge is 0.254 e. The van der Waals surface area contributed by atoms with Crippen molar-refractivity contribution in [2.45, 2.75) is 19.5 Å². The van der Waals surface area contributed by atoms with E-state index >= 15 is 0 Å². The minimum absolute atomic E-state index is 0.120. The molecule has 6 nitrogen and oxygen atoms in total. The highest BCUT2D eigenvalue weighted by Crippen LogP contribution is 2.22. The summed E-state index contributed by atoms with van der Waals surface area (Å²) >= 11 is 0. The number of hydrogen-bond acceptors (Lipinski definition) is 5. The highest BCUT2D eigenvalue weighted by molar-refractivity contribution is 5.94. The first-order valence-electron chi connectivity index (χ1n) is 8.61. The second-order valence-electron chi connectivity index (χ2n) is 6.29. The lowest BCUT2D eigenvalue weighted by molar-refractivity contribution is 0.0162. The fraction of sp³-hybridized carbons (Fsp3) is 0.421. The molecule has 0 radical (unpaired) electrons. The molecule has 1 fully saturated rings. The summed E-state index contributed by atoms with van der Waals surface area (Å²) in [5.41, 5.74) is 8.45. The van der Waals surface area contributed by atoms with Crippen molar-refractivity contribution in [3.05, 3.63) is 59.0 Å². The average Bonchev–Trinajstić information content (AvgIpc) is 3.13. The molecule has 1 aliphatic heterocycles. The van der Waals surface area contributed by atoms with Gasteiger partial charge in [-0.1, -0.05) is 29.8 Å². The molecular weight excluding hydrogens is 318 g/mol. The number of amides is 1. The zero-order chi connectivity index (χ0) is 17.6. The van der Waals surface area contributed by atoms with Crippen LogP contribution in [0.3, 0.4) is 0 Å². The van der Waals surface area contributed by atoms with Gasteiger partial charge in [0.05, 0.1) is 31.4 Å². The van der Waals surface area contributed by atoms with Crippen molar-refractivity contribution < 1.29 is 13.9 Å². The van der Waals surface area contributed by atoms with Gasteiger partial charge in [0, 0.05) is 19.6 Å². The van der Waals surface area contributed by atoms with Gasteiger partial charge in [-0.05, 0) is 18.6 Å². The Labute approximate surface area is 147 Å². The summed E-state index contributed by atoms with van der Waals surface area (Å²) < 4.78 is 10.7. The number of nitrogens with zero attached hydrogens (tertiary/aromatic N) is 1. The third-order valence-electron chi connectivity index (χ3n) is 4.52. The Morgan fingerprint density at radius 2 is 2.00 bits per heavy atom. The van der Waals surface area contributed by atoms with Gasteiger partial charge in [-0.3, -0.25) is 9.69 Å². The molecule has 2 heterocycles. The lowest BCUT2D eigenvalue weighted by Gasteiger charge is -2.35. The number of ether oxygens (including phenoxy) is 1. The third-order valence-corrected chi connectivity index (χ3v) is 4.52. The van der Waals surface area contributed by atoms with Crippen LogP contribution in [0, 0.1) is 6.92 Å². The zero-order valence-electron chi connectivity index (χ0n) is 14.5. The van der Waals surface area contributed by atoms with E-state index in [1.807, 2.05) is 0 Å². The largest absolute Gasteiger partial charge is 0.467 e. The summed E-state index contributed by atoms with van der Waals surface area (Å²) in [6, 6.07) is 10.3. The van der Waals surface area contributed by atoms with E-state index in [-0.39, 0.29) is 18.5 Å². The molecule has 1 aromatic carbocycles. The fourth-order valence-electron chi connectivity index (χ4n) is 3.03. The molecular formula is C19H25N3O3. The molecule has 0 saturated carbocycles. The summed E-state index contributed by atoms with van der Waals surface area (Å²) in [6.45, 7) is 6.05. The number of nitrogens with two attached hydrogens (primary N) is 1. The Hall–Kier alpha value is -2.15. The van der Waals surface area contributed by atoms with Crippen molar-refractivity contribution in [2.75, 3.05) is 32.8 Å². The Morgan fingerprint density at radius 1 is 1.28 bits per heavy atom. The van der Waals surface area contributed by atoms with Gasteiger partial charge in [-0.2, -0.15) is 0 Å². The summed E-state index contributed by atoms with van der Waals surface area (Å²) in [4.78, 5) is 14.7. The van der Waals surface area contributed by atoms with Crippen LogP contribution in [0.5, 0.6) is 0 Å². The van der Waals surface area contributed by atoms with Crippen LogP contribution >= 0.6 is 0 Å². The molecule has 1 saturated heterocycles. The standard InChI is InChI=1S/C19H25N3O3/c1-14-2-4-15(5-3-14)18(22-6-8-24-9-7-22)12-21-19(23)16-10-17(11-20)25-13-16/h2-5,10,13,18H,6-9,11-12,20H2,1H3,(H,21,23). The predicted molar refractivity (Wildman–Crippen MR) is 95.2 cm³/mol. The second-order valence-corrected chi connectivity index (χ2v) is 6.29. The normalized spacial score (nSPS) is 16.6. The highest BCUT2D eigenvalue weighted by atomic mass is 16.5. The Morgan fingerprint density at radius 3 is 2.64 bits per heavy atom. The molecule has 1 atom stereocenters. The lowest BCUT2D eigenvalue weighted by atomic mass is 10.0. The summed E-state index contributed by atoms with van der Waals surface area (Å²) in [5, 5.41) is 3.02. The summed E-state index contributed by atoms with van der Waals surface area (Å²) in [6.07, 6.45) is 1.45. The van der Waals surface area contributed by atoms with Crippen LogP contribution in [-0.2, 0) is 11.3 Å². The van der Waals surface area contributed by atoms with Crippen molar-refractivity contribution in [2.24, 2.45) is 5.73 Å². The molecule has 1 amide bonds. The Bertz CT molecular complexity index is 690. The van der Waals surface area contributed by atoms with Crippen molar-refractivity contribution in [3.63, 3.8) is 0 Å². The Kier molecular flexibility index (Phi) is 5.86. The number of carbonyl (C=O) groups is 1. The number of carbonyl (C=O) groups excluding carboxylic acids is 1. The van der Waals surface area contributed by atoms with E-state index in [9.17, 15) is 4.79 Å². The summed E-state index contributed by atoms with van der Waals surface area (Å²) in [5.74, 6) is 0.460. The third kappa shape index (κ3) is 4.48. The van der Waals surface area contributed by atoms with Crippen LogP contribution in [0.4, 0.5) is 0 Å². The van der Waals surface area contributed by atoms with Crippen molar-refractivity contribution in [3.8, 4) is 0 Å². The van der Waals surface area contributed by atoms with Gasteiger partial charge < -0.3 is 20.2 Å². The maximum atomic E-state index is 12.4. The molecule has 1 aromatic heterocycles. The predicted octanol–water partition coefficient (Wildman–Crippen LogP) is 1.85. The van der Waals surface area contributed by atoms with Gasteiger partial charge in [0.2, 0.25) is 0 Å². The number of rotatable bonds is 6. The van der Waals surface area contributed by atoms with E-state index in [1.54, 1.807) is 6.07 Å². The molecule has 0 aliphatic carbocycles. The monoisotopic (exact) mass is 343 g/mol. The first-order chi connectivity index (χ1) is 12.2. The van der Waals surface area contributed by atoms with Crippen molar-refractivity contribution >= 4 is 5.91 Å². The van der Waals surface area contributed by atoms with Crippen LogP contribution in [0.2, 0.25) is 0 Å². The van der Waals surface area contributed by atoms with Gasteiger partial charge in [0.25, 0.3) is 5.91 Å². The van der Waals surface area contributed by atoms with Crippen LogP contribution in [0.15, 0.2) is 41.0 Å². The molecule has 2 aromatic rings. The molecule has 6 heteroatoms.